The molecule has 0 unspecified atom stereocenters. The van der Waals surface area contributed by atoms with Gasteiger partial charge >= 0.3 is 0 Å². The molecular weight excluding hydrogens is 365 g/mol. The Morgan fingerprint density at radius 2 is 1.86 bits per heavy atom. The van der Waals surface area contributed by atoms with Crippen molar-refractivity contribution in [1.82, 2.24) is 4.90 Å². The van der Waals surface area contributed by atoms with Crippen LogP contribution in [0.4, 0.5) is 4.39 Å². The lowest BCUT2D eigenvalue weighted by Gasteiger charge is -2.18. The molecule has 2 nitrogen and oxygen atoms in total. The van der Waals surface area contributed by atoms with Crippen molar-refractivity contribution in [3.8, 4) is 0 Å². The number of carbonyl (C=O) groups excluding carboxylic acids is 1. The molecule has 22 heavy (non-hydrogen) atoms. The van der Waals surface area contributed by atoms with Crippen LogP contribution in [0, 0.1) is 5.82 Å². The molecule has 0 aromatic heterocycles. The first-order valence-corrected chi connectivity index (χ1v) is 8.70. The molecule has 0 fully saturated rings. The number of halogens is 2. The molecule has 2 rings (SSSR count). The van der Waals surface area contributed by atoms with Crippen molar-refractivity contribution in [2.24, 2.45) is 0 Å². The average molecular weight is 382 g/mol. The lowest BCUT2D eigenvalue weighted by Crippen LogP contribution is -2.26. The minimum absolute atomic E-state index is 0.102. The summed E-state index contributed by atoms with van der Waals surface area (Å²) in [6.45, 7) is 0.585. The van der Waals surface area contributed by atoms with Crippen LogP contribution in [0.25, 0.3) is 0 Å². The Bertz CT molecular complexity index is 633. The molecule has 0 radical (unpaired) electrons. The van der Waals surface area contributed by atoms with Crippen molar-refractivity contribution in [1.29, 1.82) is 0 Å². The van der Waals surface area contributed by atoms with Gasteiger partial charge in [-0.25, -0.2) is 4.39 Å². The van der Waals surface area contributed by atoms with Crippen molar-refractivity contribution in [3.63, 3.8) is 0 Å². The molecular formula is C17H17BrFNOS. The van der Waals surface area contributed by atoms with E-state index in [0.29, 0.717) is 18.7 Å². The zero-order chi connectivity index (χ0) is 15.9. The molecule has 0 atom stereocenters. The third-order valence-electron chi connectivity index (χ3n) is 3.19. The zero-order valence-electron chi connectivity index (χ0n) is 12.3. The van der Waals surface area contributed by atoms with Crippen molar-refractivity contribution in [2.45, 2.75) is 17.9 Å². The molecule has 0 saturated carbocycles. The Labute approximate surface area is 142 Å². The van der Waals surface area contributed by atoms with Crippen LogP contribution in [0.15, 0.2) is 57.9 Å². The third-order valence-corrected chi connectivity index (χ3v) is 4.98. The smallest absolute Gasteiger partial charge is 0.223 e. The first kappa shape index (κ1) is 17.0. The summed E-state index contributed by atoms with van der Waals surface area (Å²) >= 11 is 5.05. The summed E-state index contributed by atoms with van der Waals surface area (Å²) in [4.78, 5) is 14.8. The molecule has 0 bridgehead atoms. The Hall–Kier alpha value is -1.33. The summed E-state index contributed by atoms with van der Waals surface area (Å²) in [5.74, 6) is 0.545. The Kier molecular flexibility index (Phi) is 6.46. The van der Waals surface area contributed by atoms with Gasteiger partial charge in [-0.15, -0.1) is 11.8 Å². The fourth-order valence-corrected chi connectivity index (χ4v) is 3.20. The average Bonchev–Trinajstić information content (AvgIpc) is 2.51. The zero-order valence-corrected chi connectivity index (χ0v) is 14.7. The highest BCUT2D eigenvalue weighted by Gasteiger charge is 2.10. The summed E-state index contributed by atoms with van der Waals surface area (Å²) in [6.07, 6.45) is 0.461. The molecule has 2 aromatic carbocycles. The molecule has 116 valence electrons. The van der Waals surface area contributed by atoms with Crippen LogP contribution < -0.4 is 0 Å². The van der Waals surface area contributed by atoms with Gasteiger partial charge in [-0.05, 0) is 35.9 Å². The summed E-state index contributed by atoms with van der Waals surface area (Å²) < 4.78 is 13.8. The van der Waals surface area contributed by atoms with Crippen LogP contribution in [0.2, 0.25) is 0 Å². The van der Waals surface area contributed by atoms with Gasteiger partial charge in [0.2, 0.25) is 5.91 Å². The molecule has 0 spiro atoms. The van der Waals surface area contributed by atoms with Gasteiger partial charge in [0, 0.05) is 35.1 Å². The van der Waals surface area contributed by atoms with E-state index in [-0.39, 0.29) is 11.7 Å². The predicted molar refractivity (Wildman–Crippen MR) is 92.4 cm³/mol. The Morgan fingerprint density at radius 1 is 1.18 bits per heavy atom. The second-order valence-electron chi connectivity index (χ2n) is 4.89. The highest BCUT2D eigenvalue weighted by molar-refractivity contribution is 9.10. The summed E-state index contributed by atoms with van der Waals surface area (Å²) in [5, 5.41) is 0. The van der Waals surface area contributed by atoms with Crippen molar-refractivity contribution in [3.05, 3.63) is 64.4 Å². The van der Waals surface area contributed by atoms with Crippen LogP contribution in [-0.4, -0.2) is 23.6 Å². The highest BCUT2D eigenvalue weighted by atomic mass is 79.9. The maximum Gasteiger partial charge on any atom is 0.223 e. The number of benzene rings is 2. The van der Waals surface area contributed by atoms with Crippen molar-refractivity contribution >= 4 is 33.6 Å². The normalized spacial score (nSPS) is 10.5. The van der Waals surface area contributed by atoms with Crippen LogP contribution in [-0.2, 0) is 11.3 Å². The number of hydrogen-bond acceptors (Lipinski definition) is 2. The fourth-order valence-electron chi connectivity index (χ4n) is 1.95. The van der Waals surface area contributed by atoms with E-state index < -0.39 is 0 Å². The molecule has 1 amide bonds. The van der Waals surface area contributed by atoms with Gasteiger partial charge in [-0.1, -0.05) is 34.1 Å². The van der Waals surface area contributed by atoms with Gasteiger partial charge in [0.15, 0.2) is 0 Å². The number of amides is 1. The lowest BCUT2D eigenvalue weighted by molar-refractivity contribution is -0.129. The topological polar surface area (TPSA) is 20.3 Å². The van der Waals surface area contributed by atoms with Gasteiger partial charge in [0.25, 0.3) is 0 Å². The number of carbonyl (C=O) groups is 1. The molecule has 0 aliphatic rings. The minimum Gasteiger partial charge on any atom is -0.341 e. The summed E-state index contributed by atoms with van der Waals surface area (Å²) in [7, 11) is 1.81. The molecule has 2 aromatic rings. The van der Waals surface area contributed by atoms with Gasteiger partial charge in [0.1, 0.15) is 5.82 Å². The van der Waals surface area contributed by atoms with Gasteiger partial charge in [-0.3, -0.25) is 4.79 Å². The minimum atomic E-state index is -0.242. The van der Waals surface area contributed by atoms with Gasteiger partial charge in [-0.2, -0.15) is 0 Å². The van der Waals surface area contributed by atoms with Gasteiger partial charge < -0.3 is 4.90 Å². The number of rotatable bonds is 6. The molecule has 0 aliphatic heterocycles. The van der Waals surface area contributed by atoms with E-state index >= 15 is 0 Å². The molecule has 5 heteroatoms. The largest absolute Gasteiger partial charge is 0.341 e. The predicted octanol–water partition coefficient (Wildman–Crippen LogP) is 4.73. The first-order chi connectivity index (χ1) is 10.6. The van der Waals surface area contributed by atoms with E-state index in [4.69, 9.17) is 0 Å². The fraction of sp³-hybridized carbons (Fsp3) is 0.235. The van der Waals surface area contributed by atoms with Crippen molar-refractivity contribution in [2.75, 3.05) is 12.8 Å². The SMILES string of the molecule is CN(Cc1ccccc1Br)C(=O)CCSc1ccc(F)cc1. The molecule has 0 aliphatic carbocycles. The number of hydrogen-bond donors (Lipinski definition) is 0. The maximum absolute atomic E-state index is 12.8. The van der Waals surface area contributed by atoms with Crippen LogP contribution in [0.5, 0.6) is 0 Å². The Morgan fingerprint density at radius 3 is 2.55 bits per heavy atom. The lowest BCUT2D eigenvalue weighted by atomic mass is 10.2. The molecule has 0 saturated heterocycles. The monoisotopic (exact) mass is 381 g/mol. The van der Waals surface area contributed by atoms with Gasteiger partial charge in [0.05, 0.1) is 0 Å². The third kappa shape index (κ3) is 5.14. The second kappa shape index (κ2) is 8.34. The maximum atomic E-state index is 12.8. The van der Waals surface area contributed by atoms with E-state index in [0.717, 1.165) is 14.9 Å². The number of nitrogens with zero attached hydrogens (tertiary/aromatic N) is 1. The second-order valence-corrected chi connectivity index (χ2v) is 6.92. The number of thioether (sulfide) groups is 1. The standard InChI is InChI=1S/C17H17BrFNOS/c1-20(12-13-4-2-3-5-16(13)18)17(21)10-11-22-15-8-6-14(19)7-9-15/h2-9H,10-12H2,1H3. The van der Waals surface area contributed by atoms with Crippen LogP contribution >= 0.6 is 27.7 Å². The first-order valence-electron chi connectivity index (χ1n) is 6.92. The van der Waals surface area contributed by atoms with Crippen molar-refractivity contribution < 1.29 is 9.18 Å². The van der Waals surface area contributed by atoms with E-state index in [9.17, 15) is 9.18 Å². The molecule has 0 heterocycles. The summed E-state index contributed by atoms with van der Waals surface area (Å²) in [5.41, 5.74) is 1.09. The van der Waals surface area contributed by atoms with E-state index in [1.165, 1.54) is 12.1 Å². The van der Waals surface area contributed by atoms with E-state index in [2.05, 4.69) is 15.9 Å². The summed E-state index contributed by atoms with van der Waals surface area (Å²) in [6, 6.07) is 14.2. The van der Waals surface area contributed by atoms with Crippen LogP contribution in [0.1, 0.15) is 12.0 Å². The highest BCUT2D eigenvalue weighted by Crippen LogP contribution is 2.20. The Balaban J connectivity index is 1.79. The van der Waals surface area contributed by atoms with E-state index in [1.807, 2.05) is 31.3 Å². The quantitative estimate of drug-likeness (QED) is 0.674. The van der Waals surface area contributed by atoms with E-state index in [1.54, 1.807) is 28.8 Å². The molecule has 0 N–H and O–H groups in total. The van der Waals surface area contributed by atoms with Crippen LogP contribution in [0.3, 0.4) is 0 Å².